The number of benzene rings is 1. The van der Waals surface area contributed by atoms with Crippen molar-refractivity contribution in [1.29, 1.82) is 0 Å². The van der Waals surface area contributed by atoms with Gasteiger partial charge >= 0.3 is 6.09 Å². The fourth-order valence-corrected chi connectivity index (χ4v) is 0.868. The molecule has 8 heteroatoms. The predicted molar refractivity (Wildman–Crippen MR) is 42.3 cm³/mol. The van der Waals surface area contributed by atoms with Gasteiger partial charge in [0, 0.05) is 0 Å². The molecule has 0 heterocycles. The van der Waals surface area contributed by atoms with Crippen LogP contribution in [0.3, 0.4) is 0 Å². The van der Waals surface area contributed by atoms with E-state index in [-0.39, 0.29) is 0 Å². The molecule has 0 bridgehead atoms. The van der Waals surface area contributed by atoms with Crippen LogP contribution in [0.1, 0.15) is 0 Å². The Labute approximate surface area is 85.8 Å². The highest BCUT2D eigenvalue weighted by Crippen LogP contribution is 2.26. The first-order chi connectivity index (χ1) is 7.40. The summed E-state index contributed by atoms with van der Waals surface area (Å²) in [6, 6.07) is 0. The first-order valence-electron chi connectivity index (χ1n) is 3.76. The molecule has 0 unspecified atom stereocenters. The van der Waals surface area contributed by atoms with Crippen LogP contribution in [0.4, 0.5) is 32.4 Å². The summed E-state index contributed by atoms with van der Waals surface area (Å²) < 4.78 is 67.5. The van der Waals surface area contributed by atoms with Crippen molar-refractivity contribution in [3.63, 3.8) is 0 Å². The molecule has 1 aromatic carbocycles. The summed E-state index contributed by atoms with van der Waals surface area (Å²) in [6.07, 6.45) is -1.36. The molecule has 0 fully saturated rings. The summed E-state index contributed by atoms with van der Waals surface area (Å²) in [5.74, 6) is -10.9. The molecule has 0 radical (unpaired) electrons. The van der Waals surface area contributed by atoms with Crippen LogP contribution in [0.25, 0.3) is 0 Å². The van der Waals surface area contributed by atoms with E-state index in [2.05, 4.69) is 4.74 Å². The van der Waals surface area contributed by atoms with Gasteiger partial charge in [0.15, 0.2) is 23.3 Å². The highest BCUT2D eigenvalue weighted by atomic mass is 19.2. The molecule has 1 rings (SSSR count). The number of ether oxygens (including phenoxy) is 1. The lowest BCUT2D eigenvalue weighted by Gasteiger charge is -2.08. The number of nitrogens with one attached hydrogen (secondary N) is 1. The molecule has 0 aromatic heterocycles. The van der Waals surface area contributed by atoms with Gasteiger partial charge in [-0.25, -0.2) is 26.7 Å². The number of methoxy groups -OCH3 is 1. The van der Waals surface area contributed by atoms with Gasteiger partial charge in [0.25, 0.3) is 0 Å². The van der Waals surface area contributed by atoms with E-state index in [4.69, 9.17) is 0 Å². The van der Waals surface area contributed by atoms with Crippen LogP contribution in [0.5, 0.6) is 0 Å². The molecular formula is C8H4F5NO2. The topological polar surface area (TPSA) is 38.3 Å². The minimum absolute atomic E-state index is 0.862. The second-order valence-electron chi connectivity index (χ2n) is 2.56. The molecule has 16 heavy (non-hydrogen) atoms. The molecule has 1 aromatic rings. The van der Waals surface area contributed by atoms with Crippen LogP contribution in [0, 0.1) is 29.1 Å². The van der Waals surface area contributed by atoms with Crippen molar-refractivity contribution in [3.05, 3.63) is 29.1 Å². The van der Waals surface area contributed by atoms with Crippen LogP contribution in [0.15, 0.2) is 0 Å². The lowest BCUT2D eigenvalue weighted by Crippen LogP contribution is -2.16. The number of anilines is 1. The predicted octanol–water partition coefficient (Wildman–Crippen LogP) is 2.56. The minimum Gasteiger partial charge on any atom is -0.453 e. The Morgan fingerprint density at radius 3 is 1.69 bits per heavy atom. The molecule has 1 N–H and O–H groups in total. The van der Waals surface area contributed by atoms with Crippen LogP contribution in [-0.4, -0.2) is 13.2 Å². The minimum atomic E-state index is -2.30. The summed E-state index contributed by atoms with van der Waals surface area (Å²) in [6.45, 7) is 0. The molecule has 0 aliphatic heterocycles. The Balaban J connectivity index is 3.34. The number of hydrogen-bond donors (Lipinski definition) is 1. The van der Waals surface area contributed by atoms with Gasteiger partial charge in [-0.05, 0) is 0 Å². The Bertz CT molecular complexity index is 420. The molecule has 3 nitrogen and oxygen atoms in total. The molecule has 0 aliphatic carbocycles. The quantitative estimate of drug-likeness (QED) is 0.466. The number of hydrogen-bond acceptors (Lipinski definition) is 2. The molecule has 1 amide bonds. The largest absolute Gasteiger partial charge is 0.453 e. The zero-order valence-corrected chi connectivity index (χ0v) is 7.71. The number of carbonyl (C=O) groups excluding carboxylic acids is 1. The van der Waals surface area contributed by atoms with Gasteiger partial charge in [-0.15, -0.1) is 0 Å². The van der Waals surface area contributed by atoms with Gasteiger partial charge in [0.1, 0.15) is 5.69 Å². The molecule has 0 saturated heterocycles. The maximum atomic E-state index is 12.9. The highest BCUT2D eigenvalue weighted by molar-refractivity contribution is 5.84. The van der Waals surface area contributed by atoms with Crippen molar-refractivity contribution in [2.75, 3.05) is 12.4 Å². The van der Waals surface area contributed by atoms with Crippen molar-refractivity contribution in [1.82, 2.24) is 0 Å². The zero-order chi connectivity index (χ0) is 12.5. The molecule has 88 valence electrons. The van der Waals surface area contributed by atoms with Gasteiger partial charge in [-0.3, -0.25) is 5.32 Å². The van der Waals surface area contributed by atoms with Crippen molar-refractivity contribution < 1.29 is 31.5 Å². The van der Waals surface area contributed by atoms with Gasteiger partial charge in [-0.2, -0.15) is 0 Å². The standard InChI is InChI=1S/C8H4F5NO2/c1-16-8(15)14-7-5(12)3(10)2(9)4(11)6(7)13/h1H3,(H,14,15). The van der Waals surface area contributed by atoms with E-state index in [1.807, 2.05) is 0 Å². The van der Waals surface area contributed by atoms with E-state index >= 15 is 0 Å². The molecule has 0 spiro atoms. The van der Waals surface area contributed by atoms with Gasteiger partial charge in [-0.1, -0.05) is 0 Å². The lowest BCUT2D eigenvalue weighted by molar-refractivity contribution is 0.186. The van der Waals surface area contributed by atoms with E-state index in [0.29, 0.717) is 0 Å². The van der Waals surface area contributed by atoms with Gasteiger partial charge < -0.3 is 4.74 Å². The van der Waals surface area contributed by atoms with Gasteiger partial charge in [0.2, 0.25) is 5.82 Å². The Morgan fingerprint density at radius 2 is 1.31 bits per heavy atom. The Kier molecular flexibility index (Phi) is 3.31. The summed E-state index contributed by atoms with van der Waals surface area (Å²) in [5.41, 5.74) is -1.46. The van der Waals surface area contributed by atoms with E-state index in [1.54, 1.807) is 0 Å². The van der Waals surface area contributed by atoms with Crippen molar-refractivity contribution in [3.8, 4) is 0 Å². The summed E-state index contributed by atoms with van der Waals surface area (Å²) >= 11 is 0. The van der Waals surface area contributed by atoms with Crippen LogP contribution < -0.4 is 5.32 Å². The molecule has 0 atom stereocenters. The second-order valence-corrected chi connectivity index (χ2v) is 2.56. The number of amides is 1. The monoisotopic (exact) mass is 241 g/mol. The molecule has 0 aliphatic rings. The molecule has 0 saturated carbocycles. The van der Waals surface area contributed by atoms with E-state index < -0.39 is 40.9 Å². The van der Waals surface area contributed by atoms with Crippen LogP contribution in [-0.2, 0) is 4.74 Å². The van der Waals surface area contributed by atoms with Crippen LogP contribution in [0.2, 0.25) is 0 Å². The first-order valence-corrected chi connectivity index (χ1v) is 3.76. The smallest absolute Gasteiger partial charge is 0.411 e. The second kappa shape index (κ2) is 4.33. The van der Waals surface area contributed by atoms with E-state index in [9.17, 15) is 26.7 Å². The van der Waals surface area contributed by atoms with Gasteiger partial charge in [0.05, 0.1) is 7.11 Å². The molecular weight excluding hydrogens is 237 g/mol. The summed E-state index contributed by atoms with van der Waals surface area (Å²) in [7, 11) is 0.862. The number of halogens is 5. The highest BCUT2D eigenvalue weighted by Gasteiger charge is 2.26. The normalized spacial score (nSPS) is 10.1. The van der Waals surface area contributed by atoms with Crippen molar-refractivity contribution in [2.45, 2.75) is 0 Å². The SMILES string of the molecule is COC(=O)Nc1c(F)c(F)c(F)c(F)c1F. The Morgan fingerprint density at radius 1 is 0.938 bits per heavy atom. The fourth-order valence-electron chi connectivity index (χ4n) is 0.868. The first kappa shape index (κ1) is 12.2. The third kappa shape index (κ3) is 1.90. The maximum Gasteiger partial charge on any atom is 0.411 e. The third-order valence-corrected chi connectivity index (χ3v) is 1.62. The summed E-state index contributed by atoms with van der Waals surface area (Å²) in [5, 5.41) is 1.38. The maximum absolute atomic E-state index is 12.9. The summed E-state index contributed by atoms with van der Waals surface area (Å²) in [4.78, 5) is 10.6. The fraction of sp³-hybridized carbons (Fsp3) is 0.125. The zero-order valence-electron chi connectivity index (χ0n) is 7.71. The average molecular weight is 241 g/mol. The number of carbonyl (C=O) groups is 1. The lowest BCUT2D eigenvalue weighted by atomic mass is 10.2. The average Bonchev–Trinajstić information content (AvgIpc) is 2.29. The van der Waals surface area contributed by atoms with Crippen molar-refractivity contribution >= 4 is 11.8 Å². The van der Waals surface area contributed by atoms with E-state index in [1.165, 1.54) is 5.32 Å². The van der Waals surface area contributed by atoms with E-state index in [0.717, 1.165) is 7.11 Å². The third-order valence-electron chi connectivity index (χ3n) is 1.62. The Hall–Kier alpha value is -1.86. The van der Waals surface area contributed by atoms with Crippen molar-refractivity contribution in [2.24, 2.45) is 0 Å². The van der Waals surface area contributed by atoms with Crippen LogP contribution >= 0.6 is 0 Å². The number of rotatable bonds is 1.